The number of nitrogens with two attached hydrogens (primary N) is 1. The summed E-state index contributed by atoms with van der Waals surface area (Å²) in [6.07, 6.45) is -2.02. The molecule has 170 valence electrons. The van der Waals surface area contributed by atoms with Crippen molar-refractivity contribution in [3.05, 3.63) is 12.2 Å². The zero-order chi connectivity index (χ0) is 22.6. The lowest BCUT2D eigenvalue weighted by Crippen LogP contribution is -2.57. The summed E-state index contributed by atoms with van der Waals surface area (Å²) >= 11 is 0. The van der Waals surface area contributed by atoms with E-state index in [0.717, 1.165) is 6.42 Å². The van der Waals surface area contributed by atoms with E-state index < -0.39 is 54.0 Å². The number of rotatable bonds is 9. The van der Waals surface area contributed by atoms with Crippen LogP contribution in [0.2, 0.25) is 0 Å². The van der Waals surface area contributed by atoms with Gasteiger partial charge >= 0.3 is 6.03 Å². The fourth-order valence-electron chi connectivity index (χ4n) is 3.99. The second-order valence-electron chi connectivity index (χ2n) is 9.95. The van der Waals surface area contributed by atoms with E-state index in [4.69, 9.17) is 5.73 Å². The molecular weight excluding hydrogens is 378 g/mol. The van der Waals surface area contributed by atoms with Gasteiger partial charge in [0.1, 0.15) is 18.3 Å². The van der Waals surface area contributed by atoms with Gasteiger partial charge in [0.25, 0.3) is 0 Å². The molecule has 0 aromatic heterocycles. The first kappa shape index (κ1) is 25.8. The molecule has 1 rings (SSSR count). The van der Waals surface area contributed by atoms with Gasteiger partial charge in [0.15, 0.2) is 0 Å². The van der Waals surface area contributed by atoms with Crippen molar-refractivity contribution in [3.8, 4) is 0 Å². The molecule has 1 aliphatic carbocycles. The number of aliphatic hydroxyl groups is 5. The lowest BCUT2D eigenvalue weighted by atomic mass is 9.71. The van der Waals surface area contributed by atoms with Crippen LogP contribution in [0.3, 0.4) is 0 Å². The Kier molecular flexibility index (Phi) is 9.07. The van der Waals surface area contributed by atoms with E-state index in [1.807, 2.05) is 13.8 Å². The smallest absolute Gasteiger partial charge is 0.312 e. The highest BCUT2D eigenvalue weighted by Gasteiger charge is 2.36. The molecule has 0 bridgehead atoms. The van der Waals surface area contributed by atoms with Crippen LogP contribution in [0.15, 0.2) is 12.2 Å². The molecule has 9 nitrogen and oxygen atoms in total. The number of urea groups is 1. The van der Waals surface area contributed by atoms with Gasteiger partial charge in [-0.25, -0.2) is 4.79 Å². The fraction of sp³-hybridized carbons (Fsp3) is 0.850. The average Bonchev–Trinajstić information content (AvgIpc) is 2.55. The van der Waals surface area contributed by atoms with Crippen LogP contribution in [0.5, 0.6) is 0 Å². The molecule has 9 N–H and O–H groups in total. The molecule has 1 aliphatic rings. The van der Waals surface area contributed by atoms with E-state index in [1.165, 1.54) is 12.2 Å². The monoisotopic (exact) mass is 417 g/mol. The van der Waals surface area contributed by atoms with Crippen molar-refractivity contribution in [1.82, 2.24) is 10.6 Å². The van der Waals surface area contributed by atoms with Crippen LogP contribution in [-0.2, 0) is 0 Å². The van der Waals surface area contributed by atoms with Crippen LogP contribution >= 0.6 is 0 Å². The Morgan fingerprint density at radius 3 is 2.17 bits per heavy atom. The zero-order valence-electron chi connectivity index (χ0n) is 18.0. The van der Waals surface area contributed by atoms with Gasteiger partial charge in [-0.1, -0.05) is 46.8 Å². The number of hydrogen-bond donors (Lipinski definition) is 8. The predicted octanol–water partition coefficient (Wildman–Crippen LogP) is -0.792. The first-order valence-electron chi connectivity index (χ1n) is 10.0. The van der Waals surface area contributed by atoms with Crippen LogP contribution in [0, 0.1) is 10.8 Å². The molecule has 0 fully saturated rings. The van der Waals surface area contributed by atoms with Crippen molar-refractivity contribution >= 4 is 6.03 Å². The van der Waals surface area contributed by atoms with E-state index in [2.05, 4.69) is 31.4 Å². The molecule has 0 aromatic rings. The molecular formula is C20H39N3O6. The van der Waals surface area contributed by atoms with Gasteiger partial charge in [-0.15, -0.1) is 0 Å². The van der Waals surface area contributed by atoms with Gasteiger partial charge in [-0.05, 0) is 17.3 Å². The maximum Gasteiger partial charge on any atom is 0.312 e. The molecule has 0 spiro atoms. The molecule has 0 radical (unpaired) electrons. The Labute approximate surface area is 173 Å². The Morgan fingerprint density at radius 2 is 1.66 bits per heavy atom. The highest BCUT2D eigenvalue weighted by atomic mass is 16.4. The highest BCUT2D eigenvalue weighted by Crippen LogP contribution is 2.37. The molecule has 0 saturated carbocycles. The van der Waals surface area contributed by atoms with Crippen molar-refractivity contribution in [2.24, 2.45) is 16.6 Å². The van der Waals surface area contributed by atoms with Crippen LogP contribution in [0.4, 0.5) is 4.79 Å². The van der Waals surface area contributed by atoms with Crippen LogP contribution in [0.1, 0.15) is 47.5 Å². The molecule has 0 saturated heterocycles. The number of primary amides is 1. The maximum atomic E-state index is 11.4. The van der Waals surface area contributed by atoms with Crippen molar-refractivity contribution < 1.29 is 30.3 Å². The van der Waals surface area contributed by atoms with Crippen molar-refractivity contribution in [2.45, 2.75) is 90.1 Å². The van der Waals surface area contributed by atoms with E-state index in [9.17, 15) is 30.3 Å². The van der Waals surface area contributed by atoms with Crippen molar-refractivity contribution in [1.29, 1.82) is 0 Å². The lowest BCUT2D eigenvalue weighted by Gasteiger charge is -2.38. The number of carbonyl (C=O) groups is 1. The number of hydrogen-bond acceptors (Lipinski definition) is 7. The highest BCUT2D eigenvalue weighted by molar-refractivity contribution is 5.72. The third-order valence-corrected chi connectivity index (χ3v) is 5.30. The number of carbonyl (C=O) groups excluding carboxylic acids is 1. The van der Waals surface area contributed by atoms with Gasteiger partial charge in [-0.2, -0.15) is 0 Å². The van der Waals surface area contributed by atoms with Crippen molar-refractivity contribution in [3.63, 3.8) is 0 Å². The van der Waals surface area contributed by atoms with E-state index >= 15 is 0 Å². The summed E-state index contributed by atoms with van der Waals surface area (Å²) < 4.78 is 0. The minimum absolute atomic E-state index is 0.00325. The third kappa shape index (κ3) is 8.19. The third-order valence-electron chi connectivity index (χ3n) is 5.30. The molecule has 0 aromatic carbocycles. The second-order valence-corrected chi connectivity index (χ2v) is 9.95. The Hall–Kier alpha value is -1.23. The summed E-state index contributed by atoms with van der Waals surface area (Å²) in [7, 11) is 0. The molecule has 0 aliphatic heterocycles. The number of amides is 2. The first-order valence-corrected chi connectivity index (χ1v) is 10.0. The van der Waals surface area contributed by atoms with Crippen LogP contribution in [-0.4, -0.2) is 80.7 Å². The van der Waals surface area contributed by atoms with Gasteiger partial charge in [-0.3, -0.25) is 0 Å². The molecule has 9 heteroatoms. The SMILES string of the molecule is CC(C)(C)CC(C)(C)C(O)CC(O)C(CNC1C=CC(O)C(O)C1O)NC(N)=O. The minimum Gasteiger partial charge on any atom is -0.392 e. The van der Waals surface area contributed by atoms with Gasteiger partial charge in [0.05, 0.1) is 24.3 Å². The predicted molar refractivity (Wildman–Crippen MR) is 110 cm³/mol. The quantitative estimate of drug-likeness (QED) is 0.227. The van der Waals surface area contributed by atoms with E-state index in [0.29, 0.717) is 0 Å². The molecule has 7 unspecified atom stereocenters. The fourth-order valence-corrected chi connectivity index (χ4v) is 3.99. The normalized spacial score (nSPS) is 28.6. The van der Waals surface area contributed by atoms with Gasteiger partial charge < -0.3 is 41.9 Å². The largest absolute Gasteiger partial charge is 0.392 e. The summed E-state index contributed by atoms with van der Waals surface area (Å²) in [5.41, 5.74) is 4.76. The van der Waals surface area contributed by atoms with E-state index in [-0.39, 0.29) is 18.4 Å². The first-order chi connectivity index (χ1) is 13.1. The Bertz CT molecular complexity index is 563. The van der Waals surface area contributed by atoms with Gasteiger partial charge in [0.2, 0.25) is 0 Å². The maximum absolute atomic E-state index is 11.4. The molecule has 2 amide bonds. The summed E-state index contributed by atoms with van der Waals surface area (Å²) in [5, 5.41) is 56.1. The van der Waals surface area contributed by atoms with Crippen LogP contribution < -0.4 is 16.4 Å². The second kappa shape index (κ2) is 10.2. The van der Waals surface area contributed by atoms with Crippen LogP contribution in [0.25, 0.3) is 0 Å². The Balaban J connectivity index is 2.76. The molecule has 7 atom stereocenters. The number of nitrogens with one attached hydrogen (secondary N) is 2. The zero-order valence-corrected chi connectivity index (χ0v) is 18.0. The topological polar surface area (TPSA) is 168 Å². The lowest BCUT2D eigenvalue weighted by molar-refractivity contribution is -0.0576. The average molecular weight is 418 g/mol. The van der Waals surface area contributed by atoms with Gasteiger partial charge in [0, 0.05) is 13.0 Å². The molecule has 0 heterocycles. The Morgan fingerprint density at radius 1 is 1.07 bits per heavy atom. The summed E-state index contributed by atoms with van der Waals surface area (Å²) in [6.45, 7) is 10.1. The summed E-state index contributed by atoms with van der Waals surface area (Å²) in [6, 6.07) is -2.33. The van der Waals surface area contributed by atoms with Crippen molar-refractivity contribution in [2.75, 3.05) is 6.54 Å². The molecule has 29 heavy (non-hydrogen) atoms. The standard InChI is InChI=1S/C20H39N3O6/c1-19(2,3)10-20(4,5)15(26)8-14(25)12(23-18(21)29)9-22-11-6-7-13(24)17(28)16(11)27/h6-7,11-17,22,24-28H,8-10H2,1-5H3,(H3,21,23,29). The number of aliphatic hydroxyl groups excluding tert-OH is 5. The summed E-state index contributed by atoms with van der Waals surface area (Å²) in [5.74, 6) is 0. The summed E-state index contributed by atoms with van der Waals surface area (Å²) in [4.78, 5) is 11.4. The van der Waals surface area contributed by atoms with E-state index in [1.54, 1.807) is 0 Å². The minimum atomic E-state index is -1.34.